The number of hydrogen-bond acceptors (Lipinski definition) is 5. The lowest BCUT2D eigenvalue weighted by atomic mass is 10.0. The average Bonchev–Trinajstić information content (AvgIpc) is 2.89. The minimum Gasteiger partial charge on any atom is -0.459 e. The molecule has 1 saturated heterocycles. The maximum Gasteiger partial charge on any atom is 0.413 e. The molecule has 0 saturated carbocycles. The van der Waals surface area contributed by atoms with E-state index in [0.717, 1.165) is 0 Å². The molecule has 1 aliphatic heterocycles. The number of carbonyl (C=O) groups excluding carboxylic acids is 2. The highest BCUT2D eigenvalue weighted by Gasteiger charge is 2.51. The highest BCUT2D eigenvalue weighted by atomic mass is 19.1. The van der Waals surface area contributed by atoms with Crippen LogP contribution >= 0.6 is 0 Å². The van der Waals surface area contributed by atoms with Crippen LogP contribution in [0.25, 0.3) is 0 Å². The number of halogens is 1. The van der Waals surface area contributed by atoms with Gasteiger partial charge in [0, 0.05) is 11.5 Å². The van der Waals surface area contributed by atoms with E-state index in [9.17, 15) is 14.0 Å². The second-order valence-electron chi connectivity index (χ2n) is 7.92. The van der Waals surface area contributed by atoms with E-state index >= 15 is 0 Å². The van der Waals surface area contributed by atoms with Gasteiger partial charge in [-0.2, -0.15) is 0 Å². The molecule has 1 aliphatic rings. The summed E-state index contributed by atoms with van der Waals surface area (Å²) in [5.41, 5.74) is -0.434. The third kappa shape index (κ3) is 5.02. The van der Waals surface area contributed by atoms with Gasteiger partial charge in [-0.05, 0) is 52.3 Å². The summed E-state index contributed by atoms with van der Waals surface area (Å²) >= 11 is 0. The van der Waals surface area contributed by atoms with E-state index in [4.69, 9.17) is 9.47 Å². The third-order valence-corrected chi connectivity index (χ3v) is 4.16. The lowest BCUT2D eigenvalue weighted by Crippen LogP contribution is -2.50. The highest BCUT2D eigenvalue weighted by Crippen LogP contribution is 2.42. The Bertz CT molecular complexity index is 786. The van der Waals surface area contributed by atoms with Gasteiger partial charge < -0.3 is 14.2 Å². The van der Waals surface area contributed by atoms with Crippen molar-refractivity contribution in [3.05, 3.63) is 35.4 Å². The normalized spacial score (nSPS) is 20.9. The van der Waals surface area contributed by atoms with Gasteiger partial charge in [0.05, 0.1) is 13.2 Å². The molecular formula is C21H26FNO5. The number of benzene rings is 1. The van der Waals surface area contributed by atoms with Crippen molar-refractivity contribution in [3.63, 3.8) is 0 Å². The van der Waals surface area contributed by atoms with Gasteiger partial charge in [0.2, 0.25) is 0 Å². The maximum absolute atomic E-state index is 13.9. The van der Waals surface area contributed by atoms with Crippen LogP contribution in [0.5, 0.6) is 0 Å². The van der Waals surface area contributed by atoms with E-state index in [1.807, 2.05) is 0 Å². The molecule has 1 aromatic carbocycles. The molecule has 0 aromatic heterocycles. The van der Waals surface area contributed by atoms with Gasteiger partial charge in [-0.3, -0.25) is 4.90 Å². The van der Waals surface area contributed by atoms with Crippen LogP contribution in [0.4, 0.5) is 9.18 Å². The van der Waals surface area contributed by atoms with E-state index in [0.29, 0.717) is 11.1 Å². The molecule has 0 spiro atoms. The van der Waals surface area contributed by atoms with E-state index in [1.54, 1.807) is 58.9 Å². The Hall–Kier alpha value is -2.59. The first kappa shape index (κ1) is 21.7. The number of ether oxygens (including phenoxy) is 3. The van der Waals surface area contributed by atoms with E-state index in [-0.39, 0.29) is 0 Å². The summed E-state index contributed by atoms with van der Waals surface area (Å²) in [7, 11) is 1.26. The highest BCUT2D eigenvalue weighted by molar-refractivity contribution is 5.89. The molecule has 28 heavy (non-hydrogen) atoms. The van der Waals surface area contributed by atoms with Crippen molar-refractivity contribution in [1.82, 2.24) is 4.90 Å². The monoisotopic (exact) mass is 391 g/mol. The Morgan fingerprint density at radius 2 is 1.86 bits per heavy atom. The first-order chi connectivity index (χ1) is 13.0. The van der Waals surface area contributed by atoms with Crippen LogP contribution < -0.4 is 0 Å². The van der Waals surface area contributed by atoms with Crippen LogP contribution in [0.1, 0.15) is 51.8 Å². The Labute approximate surface area is 164 Å². The van der Waals surface area contributed by atoms with Crippen LogP contribution in [0.2, 0.25) is 0 Å². The Kier molecular flexibility index (Phi) is 6.35. The van der Waals surface area contributed by atoms with Crippen molar-refractivity contribution in [2.45, 2.75) is 58.1 Å². The summed E-state index contributed by atoms with van der Waals surface area (Å²) in [6.07, 6.45) is -1.28. The van der Waals surface area contributed by atoms with Gasteiger partial charge in [0.1, 0.15) is 24.1 Å². The molecule has 7 heteroatoms. The third-order valence-electron chi connectivity index (χ3n) is 4.16. The standard InChI is InChI=1S/C21H26FNO5/c1-20(2,3)28-19(25)23-16(13-22)18(27-21(23,4)5)15-10-7-14(8-11-15)9-12-17(24)26-6/h7-8,10-11,16,18H,13H2,1-6H3. The van der Waals surface area contributed by atoms with Crippen LogP contribution in [-0.2, 0) is 19.0 Å². The number of alkyl halides is 1. The van der Waals surface area contributed by atoms with Crippen molar-refractivity contribution in [2.24, 2.45) is 0 Å². The largest absolute Gasteiger partial charge is 0.459 e. The summed E-state index contributed by atoms with van der Waals surface area (Å²) < 4.78 is 29.9. The van der Waals surface area contributed by atoms with Gasteiger partial charge in [-0.15, -0.1) is 0 Å². The number of methoxy groups -OCH3 is 1. The molecule has 6 nitrogen and oxygen atoms in total. The van der Waals surface area contributed by atoms with Gasteiger partial charge in [0.25, 0.3) is 0 Å². The number of esters is 1. The number of rotatable bonds is 2. The lowest BCUT2D eigenvalue weighted by molar-refractivity contribution is -0.133. The fraction of sp³-hybridized carbons (Fsp3) is 0.524. The van der Waals surface area contributed by atoms with Crippen LogP contribution in [-0.4, -0.2) is 48.1 Å². The Balaban J connectivity index is 2.27. The van der Waals surface area contributed by atoms with Crippen molar-refractivity contribution in [3.8, 4) is 11.8 Å². The first-order valence-electron chi connectivity index (χ1n) is 8.94. The molecule has 0 bridgehead atoms. The quantitative estimate of drug-likeness (QED) is 0.569. The second kappa shape index (κ2) is 8.19. The van der Waals surface area contributed by atoms with Gasteiger partial charge in [0.15, 0.2) is 0 Å². The molecule has 152 valence electrons. The minimum atomic E-state index is -1.03. The van der Waals surface area contributed by atoms with Gasteiger partial charge >= 0.3 is 12.1 Å². The molecule has 2 atom stereocenters. The summed E-state index contributed by atoms with van der Waals surface area (Å²) in [5.74, 6) is 4.40. The lowest BCUT2D eigenvalue weighted by Gasteiger charge is -2.34. The summed E-state index contributed by atoms with van der Waals surface area (Å²) in [6.45, 7) is 7.89. The molecule has 1 fully saturated rings. The van der Waals surface area contributed by atoms with Crippen molar-refractivity contribution in [1.29, 1.82) is 0 Å². The molecular weight excluding hydrogens is 365 g/mol. The van der Waals surface area contributed by atoms with Crippen LogP contribution in [0.15, 0.2) is 24.3 Å². The first-order valence-corrected chi connectivity index (χ1v) is 8.94. The van der Waals surface area contributed by atoms with Crippen molar-refractivity contribution in [2.75, 3.05) is 13.8 Å². The van der Waals surface area contributed by atoms with Crippen molar-refractivity contribution >= 4 is 12.1 Å². The number of carbonyl (C=O) groups is 2. The zero-order valence-corrected chi connectivity index (χ0v) is 17.0. The molecule has 0 N–H and O–H groups in total. The minimum absolute atomic E-state index is 0.604. The number of nitrogens with zero attached hydrogens (tertiary/aromatic N) is 1. The fourth-order valence-corrected chi connectivity index (χ4v) is 3.02. The van der Waals surface area contributed by atoms with E-state index < -0.39 is 42.2 Å². The topological polar surface area (TPSA) is 65.1 Å². The summed E-state index contributed by atoms with van der Waals surface area (Å²) in [4.78, 5) is 25.1. The zero-order chi connectivity index (χ0) is 21.1. The zero-order valence-electron chi connectivity index (χ0n) is 17.0. The van der Waals surface area contributed by atoms with Crippen LogP contribution in [0.3, 0.4) is 0 Å². The average molecular weight is 391 g/mol. The van der Waals surface area contributed by atoms with Gasteiger partial charge in [-0.25, -0.2) is 14.0 Å². The Morgan fingerprint density at radius 3 is 2.36 bits per heavy atom. The van der Waals surface area contributed by atoms with Gasteiger partial charge in [-0.1, -0.05) is 18.1 Å². The molecule has 1 amide bonds. The molecule has 2 unspecified atom stereocenters. The van der Waals surface area contributed by atoms with E-state index in [2.05, 4.69) is 16.6 Å². The molecule has 0 radical (unpaired) electrons. The smallest absolute Gasteiger partial charge is 0.413 e. The van der Waals surface area contributed by atoms with Crippen molar-refractivity contribution < 1.29 is 28.2 Å². The predicted molar refractivity (Wildman–Crippen MR) is 101 cm³/mol. The maximum atomic E-state index is 13.9. The number of hydrogen-bond donors (Lipinski definition) is 0. The number of amides is 1. The summed E-state index contributed by atoms with van der Waals surface area (Å²) in [5, 5.41) is 0. The Morgan fingerprint density at radius 1 is 1.25 bits per heavy atom. The SMILES string of the molecule is COC(=O)C#Cc1ccc(C2OC(C)(C)N(C(=O)OC(C)(C)C)C2CF)cc1. The van der Waals surface area contributed by atoms with Crippen LogP contribution in [0, 0.1) is 11.8 Å². The molecule has 0 aliphatic carbocycles. The fourth-order valence-electron chi connectivity index (χ4n) is 3.02. The second-order valence-corrected chi connectivity index (χ2v) is 7.92. The summed E-state index contributed by atoms with van der Waals surface area (Å²) in [6, 6.07) is 6.06. The molecule has 2 rings (SSSR count). The predicted octanol–water partition coefficient (Wildman–Crippen LogP) is 3.59. The van der Waals surface area contributed by atoms with E-state index in [1.165, 1.54) is 12.0 Å². The molecule has 1 heterocycles. The molecule has 1 aromatic rings.